The number of fused-ring (bicyclic) bond motifs is 1. The lowest BCUT2D eigenvalue weighted by atomic mass is 9.83. The molecule has 1 aliphatic heterocycles. The van der Waals surface area contributed by atoms with Gasteiger partial charge in [-0.05, 0) is 11.0 Å². The average molecular weight is 253 g/mol. The minimum Gasteiger partial charge on any atom is -0.411 e. The fourth-order valence-corrected chi connectivity index (χ4v) is 1.74. The molecule has 8 heteroatoms. The molecule has 0 saturated carbocycles. The van der Waals surface area contributed by atoms with E-state index in [1.807, 2.05) is 0 Å². The van der Waals surface area contributed by atoms with Gasteiger partial charge in [0.1, 0.15) is 0 Å². The molecule has 1 aromatic carbocycles. The van der Waals surface area contributed by atoms with Crippen LogP contribution in [-0.4, -0.2) is 19.8 Å². The Labute approximate surface area is 92.6 Å². The molecule has 0 unspecified atom stereocenters. The molecule has 0 spiro atoms. The highest BCUT2D eigenvalue weighted by Gasteiger charge is 2.75. The van der Waals surface area contributed by atoms with Crippen LogP contribution < -0.4 is 5.46 Å². The Morgan fingerprint density at radius 2 is 1.47 bits per heavy atom. The number of hydrogen-bond acceptors (Lipinski definition) is 1. The summed E-state index contributed by atoms with van der Waals surface area (Å²) in [5, 5.41) is 0. The van der Waals surface area contributed by atoms with Crippen LogP contribution in [0.3, 0.4) is 0 Å². The monoisotopic (exact) mass is 253 g/mol. The van der Waals surface area contributed by atoms with Crippen LogP contribution >= 0.6 is 0 Å². The van der Waals surface area contributed by atoms with Crippen LogP contribution in [0.25, 0.3) is 0 Å². The van der Waals surface area contributed by atoms with E-state index < -0.39 is 23.5 Å². The zero-order chi connectivity index (χ0) is 12.9. The van der Waals surface area contributed by atoms with Crippen molar-refractivity contribution in [1.82, 2.24) is 0 Å². The molecule has 0 atom stereocenters. The Balaban J connectivity index is 2.68. The first-order valence-corrected chi connectivity index (χ1v) is 4.44. The van der Waals surface area contributed by atoms with E-state index in [-0.39, 0.29) is 5.46 Å². The van der Waals surface area contributed by atoms with Crippen molar-refractivity contribution in [3.63, 3.8) is 0 Å². The van der Waals surface area contributed by atoms with Gasteiger partial charge in [-0.25, -0.2) is 0 Å². The smallest absolute Gasteiger partial charge is 0.411 e. The van der Waals surface area contributed by atoms with E-state index in [2.05, 4.69) is 4.65 Å². The van der Waals surface area contributed by atoms with Gasteiger partial charge >= 0.3 is 19.8 Å². The molecule has 0 amide bonds. The highest BCUT2D eigenvalue weighted by atomic mass is 19.4. The van der Waals surface area contributed by atoms with Gasteiger partial charge < -0.3 is 4.65 Å². The van der Waals surface area contributed by atoms with Gasteiger partial charge in [-0.2, -0.15) is 26.3 Å². The number of halogens is 6. The summed E-state index contributed by atoms with van der Waals surface area (Å²) in [6.45, 7) is 0. The van der Waals surface area contributed by atoms with E-state index in [1.165, 1.54) is 6.07 Å². The second-order valence-corrected chi connectivity index (χ2v) is 3.50. The van der Waals surface area contributed by atoms with Crippen LogP contribution in [0, 0.1) is 0 Å². The molecule has 17 heavy (non-hydrogen) atoms. The lowest BCUT2D eigenvalue weighted by molar-refractivity contribution is -0.363. The van der Waals surface area contributed by atoms with Crippen molar-refractivity contribution >= 4 is 12.9 Å². The molecular weight excluding hydrogens is 249 g/mol. The summed E-state index contributed by atoms with van der Waals surface area (Å²) in [4.78, 5) is 0. The molecule has 1 aliphatic rings. The molecule has 1 heterocycles. The second kappa shape index (κ2) is 3.41. The Hall–Kier alpha value is -1.18. The van der Waals surface area contributed by atoms with E-state index >= 15 is 0 Å². The zero-order valence-corrected chi connectivity index (χ0v) is 8.06. The molecule has 1 aromatic rings. The maximum atomic E-state index is 12.7. The molecule has 91 valence electrons. The highest BCUT2D eigenvalue weighted by Crippen LogP contribution is 2.53. The van der Waals surface area contributed by atoms with Gasteiger partial charge in [-0.15, -0.1) is 0 Å². The lowest BCUT2D eigenvalue weighted by Gasteiger charge is -2.34. The van der Waals surface area contributed by atoms with Crippen LogP contribution in [0.5, 0.6) is 0 Å². The van der Waals surface area contributed by atoms with Gasteiger partial charge in [0.25, 0.3) is 5.60 Å². The van der Waals surface area contributed by atoms with Crippen molar-refractivity contribution < 1.29 is 31.0 Å². The van der Waals surface area contributed by atoms with Gasteiger partial charge in [-0.3, -0.25) is 0 Å². The van der Waals surface area contributed by atoms with Crippen LogP contribution in [0.1, 0.15) is 5.56 Å². The number of benzene rings is 1. The fraction of sp³-hybridized carbons (Fsp3) is 0.333. The summed E-state index contributed by atoms with van der Waals surface area (Å²) >= 11 is 0. The minimum atomic E-state index is -5.58. The third-order valence-electron chi connectivity index (χ3n) is 2.50. The molecule has 0 fully saturated rings. The molecule has 0 saturated heterocycles. The maximum Gasteiger partial charge on any atom is 0.429 e. The van der Waals surface area contributed by atoms with Gasteiger partial charge in [-0.1, -0.05) is 24.3 Å². The van der Waals surface area contributed by atoms with Crippen molar-refractivity contribution in [2.24, 2.45) is 0 Å². The summed E-state index contributed by atoms with van der Waals surface area (Å²) in [6.07, 6.45) is -11.2. The van der Waals surface area contributed by atoms with E-state index in [0.29, 0.717) is 7.48 Å². The molecule has 0 bridgehead atoms. The van der Waals surface area contributed by atoms with Crippen molar-refractivity contribution in [2.75, 3.05) is 0 Å². The van der Waals surface area contributed by atoms with Gasteiger partial charge in [0, 0.05) is 0 Å². The molecule has 0 N–H and O–H groups in total. The number of alkyl halides is 6. The molecule has 2 rings (SSSR count). The summed E-state index contributed by atoms with van der Waals surface area (Å²) in [5.41, 5.74) is -5.40. The first kappa shape index (κ1) is 12.3. The third-order valence-corrected chi connectivity index (χ3v) is 2.50. The Morgan fingerprint density at radius 1 is 0.941 bits per heavy atom. The normalized spacial score (nSPS) is 18.7. The molecular formula is C9H4BF6O. The first-order valence-electron chi connectivity index (χ1n) is 4.44. The third kappa shape index (κ3) is 1.54. The molecule has 1 nitrogen and oxygen atoms in total. The van der Waals surface area contributed by atoms with Gasteiger partial charge in [0.15, 0.2) is 0 Å². The van der Waals surface area contributed by atoms with Crippen molar-refractivity contribution in [3.8, 4) is 0 Å². The van der Waals surface area contributed by atoms with Crippen LogP contribution in [0.15, 0.2) is 24.3 Å². The Bertz CT molecular complexity index is 424. The standard InChI is InChI=1S/C9H4BF6O/c11-8(12,13)7(9(14,15)16)5-3-1-2-4-6(5)10-17-7/h1-4H. The summed E-state index contributed by atoms with van der Waals surface area (Å²) in [6, 6.07) is 4.34. The number of rotatable bonds is 0. The fourth-order valence-electron chi connectivity index (χ4n) is 1.74. The largest absolute Gasteiger partial charge is 0.429 e. The van der Waals surface area contributed by atoms with Crippen LogP contribution in [-0.2, 0) is 10.3 Å². The van der Waals surface area contributed by atoms with Crippen LogP contribution in [0.2, 0.25) is 0 Å². The van der Waals surface area contributed by atoms with Crippen molar-refractivity contribution in [2.45, 2.75) is 18.0 Å². The van der Waals surface area contributed by atoms with E-state index in [9.17, 15) is 26.3 Å². The second-order valence-electron chi connectivity index (χ2n) is 3.50. The summed E-state index contributed by atoms with van der Waals surface area (Å²) in [7, 11) is 0.482. The quantitative estimate of drug-likeness (QED) is 0.509. The van der Waals surface area contributed by atoms with Crippen LogP contribution in [0.4, 0.5) is 26.3 Å². The molecule has 0 aromatic heterocycles. The number of hydrogen-bond donors (Lipinski definition) is 0. The minimum absolute atomic E-state index is 0.220. The predicted octanol–water partition coefficient (Wildman–Crippen LogP) is 2.28. The molecule has 1 radical (unpaired) electrons. The first-order chi connectivity index (χ1) is 7.70. The van der Waals surface area contributed by atoms with Crippen molar-refractivity contribution in [3.05, 3.63) is 29.8 Å². The average Bonchev–Trinajstić information content (AvgIpc) is 2.55. The van der Waals surface area contributed by atoms with Gasteiger partial charge in [0.2, 0.25) is 0 Å². The predicted molar refractivity (Wildman–Crippen MR) is 46.7 cm³/mol. The Morgan fingerprint density at radius 3 is 2.00 bits per heavy atom. The highest BCUT2D eigenvalue weighted by molar-refractivity contribution is 6.49. The summed E-state index contributed by atoms with van der Waals surface area (Å²) in [5.74, 6) is 0. The maximum absolute atomic E-state index is 12.7. The van der Waals surface area contributed by atoms with E-state index in [4.69, 9.17) is 0 Å². The lowest BCUT2D eigenvalue weighted by Crippen LogP contribution is -2.54. The topological polar surface area (TPSA) is 9.23 Å². The SMILES string of the molecule is FC(F)(F)C1(C(F)(F)F)O[B]c2ccccc21. The van der Waals surface area contributed by atoms with Crippen molar-refractivity contribution in [1.29, 1.82) is 0 Å². The summed E-state index contributed by atoms with van der Waals surface area (Å²) < 4.78 is 80.3. The Kier molecular flexibility index (Phi) is 2.46. The van der Waals surface area contributed by atoms with E-state index in [1.54, 1.807) is 0 Å². The van der Waals surface area contributed by atoms with Gasteiger partial charge in [0.05, 0.1) is 0 Å². The molecule has 0 aliphatic carbocycles. The van der Waals surface area contributed by atoms with E-state index in [0.717, 1.165) is 18.2 Å². The zero-order valence-electron chi connectivity index (χ0n) is 8.06.